The third kappa shape index (κ3) is 1.05. The summed E-state index contributed by atoms with van der Waals surface area (Å²) >= 11 is 0. The maximum absolute atomic E-state index is 12.5. The Bertz CT molecular complexity index is 703. The Balaban J connectivity index is 1.34. The molecule has 5 aliphatic rings. The van der Waals surface area contributed by atoms with E-state index in [1.807, 2.05) is 0 Å². The molecule has 4 aliphatic carbocycles. The second-order valence-electron chi connectivity index (χ2n) is 7.98. The lowest BCUT2D eigenvalue weighted by Gasteiger charge is -2.66. The Labute approximate surface area is 128 Å². The van der Waals surface area contributed by atoms with E-state index in [-0.39, 0.29) is 17.4 Å². The molecular formula is C18H17NO3. The quantitative estimate of drug-likeness (QED) is 0.788. The fourth-order valence-corrected chi connectivity index (χ4v) is 6.55. The lowest BCUT2D eigenvalue weighted by molar-refractivity contribution is -0.210. The number of hydroxylamine groups is 2. The third-order valence-corrected chi connectivity index (χ3v) is 7.33. The van der Waals surface area contributed by atoms with Gasteiger partial charge >= 0.3 is 0 Å². The van der Waals surface area contributed by atoms with E-state index in [2.05, 4.69) is 0 Å². The average molecular weight is 295 g/mol. The van der Waals surface area contributed by atoms with Crippen molar-refractivity contribution in [3.8, 4) is 0 Å². The predicted molar refractivity (Wildman–Crippen MR) is 76.7 cm³/mol. The van der Waals surface area contributed by atoms with Crippen LogP contribution in [0.4, 0.5) is 0 Å². The Hall–Kier alpha value is -1.68. The number of imide groups is 1. The van der Waals surface area contributed by atoms with Gasteiger partial charge in [-0.15, -0.1) is 5.06 Å². The number of nitrogens with zero attached hydrogens (tertiary/aromatic N) is 1. The molecular weight excluding hydrogens is 278 g/mol. The van der Waals surface area contributed by atoms with Gasteiger partial charge < -0.3 is 0 Å². The lowest BCUT2D eigenvalue weighted by Crippen LogP contribution is -2.59. The molecule has 1 spiro atoms. The van der Waals surface area contributed by atoms with Crippen molar-refractivity contribution < 1.29 is 14.4 Å². The molecule has 22 heavy (non-hydrogen) atoms. The molecule has 2 amide bonds. The van der Waals surface area contributed by atoms with Crippen molar-refractivity contribution in [2.24, 2.45) is 23.2 Å². The predicted octanol–water partition coefficient (Wildman–Crippen LogP) is 2.79. The second kappa shape index (κ2) is 3.30. The van der Waals surface area contributed by atoms with Crippen LogP contribution in [0.2, 0.25) is 0 Å². The van der Waals surface area contributed by atoms with Crippen LogP contribution in [0.1, 0.15) is 52.8 Å². The molecule has 0 radical (unpaired) electrons. The topological polar surface area (TPSA) is 46.6 Å². The van der Waals surface area contributed by atoms with E-state index < -0.39 is 0 Å². The van der Waals surface area contributed by atoms with Gasteiger partial charge in [-0.1, -0.05) is 12.1 Å². The van der Waals surface area contributed by atoms with Gasteiger partial charge in [0.25, 0.3) is 11.8 Å². The minimum absolute atomic E-state index is 0.256. The molecule has 1 aromatic carbocycles. The van der Waals surface area contributed by atoms with E-state index >= 15 is 0 Å². The van der Waals surface area contributed by atoms with Crippen LogP contribution in [0.15, 0.2) is 24.3 Å². The summed E-state index contributed by atoms with van der Waals surface area (Å²) in [6.07, 6.45) is 5.81. The Kier molecular flexibility index (Phi) is 1.78. The minimum atomic E-state index is -0.289. The van der Waals surface area contributed by atoms with E-state index in [9.17, 15) is 9.59 Å². The molecule has 4 heteroatoms. The van der Waals surface area contributed by atoms with Gasteiger partial charge in [-0.3, -0.25) is 14.4 Å². The third-order valence-electron chi connectivity index (χ3n) is 7.33. The number of benzene rings is 1. The van der Waals surface area contributed by atoms with Gasteiger partial charge in [0.15, 0.2) is 0 Å². The van der Waals surface area contributed by atoms with Crippen LogP contribution in [-0.2, 0) is 4.84 Å². The first kappa shape index (κ1) is 11.8. The SMILES string of the molecule is O=C1c2ccccc2C(=O)N1OC12CC3CC4CC(C1)C43C2. The number of hydrogen-bond donors (Lipinski definition) is 0. The number of carbonyl (C=O) groups excluding carboxylic acids is 2. The van der Waals surface area contributed by atoms with E-state index in [1.54, 1.807) is 24.3 Å². The largest absolute Gasteiger partial charge is 0.285 e. The van der Waals surface area contributed by atoms with E-state index in [0.717, 1.165) is 42.1 Å². The monoisotopic (exact) mass is 295 g/mol. The molecule has 4 nitrogen and oxygen atoms in total. The van der Waals surface area contributed by atoms with E-state index in [0.29, 0.717) is 16.5 Å². The van der Waals surface area contributed by atoms with Crippen molar-refractivity contribution in [3.63, 3.8) is 0 Å². The Morgan fingerprint density at radius 1 is 0.955 bits per heavy atom. The summed E-state index contributed by atoms with van der Waals surface area (Å²) < 4.78 is 0. The summed E-state index contributed by atoms with van der Waals surface area (Å²) in [6.45, 7) is 0. The molecule has 4 saturated carbocycles. The number of carbonyl (C=O) groups is 2. The van der Waals surface area contributed by atoms with Crippen molar-refractivity contribution in [1.29, 1.82) is 0 Å². The molecule has 2 atom stereocenters. The summed E-state index contributed by atoms with van der Waals surface area (Å²) in [6, 6.07) is 7.01. The van der Waals surface area contributed by atoms with E-state index in [1.165, 1.54) is 12.8 Å². The highest BCUT2D eigenvalue weighted by atomic mass is 16.7. The normalized spacial score (nSPS) is 46.4. The van der Waals surface area contributed by atoms with Crippen LogP contribution in [0.5, 0.6) is 0 Å². The maximum atomic E-state index is 12.5. The number of hydrogen-bond acceptors (Lipinski definition) is 3. The standard InChI is InChI=1S/C18H17NO3/c20-15-13-3-1-2-4-14(13)16(21)19(15)22-17-7-11-5-10-6-12(8-17)18(10,11)9-17/h1-4,10-12H,5-9H2. The van der Waals surface area contributed by atoms with Gasteiger partial charge in [-0.2, -0.15) is 0 Å². The summed E-state index contributed by atoms with van der Waals surface area (Å²) in [4.78, 5) is 31.2. The maximum Gasteiger partial charge on any atom is 0.285 e. The van der Waals surface area contributed by atoms with Crippen LogP contribution in [-0.4, -0.2) is 22.5 Å². The summed E-state index contributed by atoms with van der Waals surface area (Å²) in [5.41, 5.74) is 1.22. The summed E-state index contributed by atoms with van der Waals surface area (Å²) in [5, 5.41) is 1.06. The molecule has 112 valence electrons. The van der Waals surface area contributed by atoms with Gasteiger partial charge in [0.1, 0.15) is 0 Å². The molecule has 0 aromatic heterocycles. The lowest BCUT2D eigenvalue weighted by atomic mass is 9.38. The van der Waals surface area contributed by atoms with Crippen molar-refractivity contribution in [2.75, 3.05) is 0 Å². The fourth-order valence-electron chi connectivity index (χ4n) is 6.55. The molecule has 6 rings (SSSR count). The second-order valence-corrected chi connectivity index (χ2v) is 7.98. The highest BCUT2D eigenvalue weighted by molar-refractivity contribution is 6.20. The molecule has 1 aromatic rings. The molecule has 1 aliphatic heterocycles. The average Bonchev–Trinajstić information content (AvgIpc) is 3.06. The van der Waals surface area contributed by atoms with Crippen molar-refractivity contribution in [3.05, 3.63) is 35.4 Å². The number of fused-ring (bicyclic) bond motifs is 2. The van der Waals surface area contributed by atoms with Crippen molar-refractivity contribution in [1.82, 2.24) is 5.06 Å². The molecule has 0 N–H and O–H groups in total. The van der Waals surface area contributed by atoms with Gasteiger partial charge in [0.2, 0.25) is 0 Å². The first-order valence-electron chi connectivity index (χ1n) is 8.30. The van der Waals surface area contributed by atoms with Gasteiger partial charge in [0.05, 0.1) is 16.7 Å². The molecule has 2 bridgehead atoms. The molecule has 1 heterocycles. The van der Waals surface area contributed by atoms with Gasteiger partial charge in [0, 0.05) is 0 Å². The van der Waals surface area contributed by atoms with Crippen molar-refractivity contribution in [2.45, 2.75) is 37.7 Å². The van der Waals surface area contributed by atoms with Crippen LogP contribution in [0, 0.1) is 23.2 Å². The molecule has 0 saturated heterocycles. The van der Waals surface area contributed by atoms with Crippen LogP contribution in [0.25, 0.3) is 0 Å². The first-order valence-corrected chi connectivity index (χ1v) is 8.30. The molecule has 4 fully saturated rings. The summed E-state index contributed by atoms with van der Waals surface area (Å²) in [5.74, 6) is 1.88. The highest BCUT2D eigenvalue weighted by Gasteiger charge is 2.78. The fraction of sp³-hybridized carbons (Fsp3) is 0.556. The van der Waals surface area contributed by atoms with Gasteiger partial charge in [-0.05, 0) is 67.4 Å². The number of rotatable bonds is 2. The number of amides is 2. The van der Waals surface area contributed by atoms with Crippen LogP contribution in [0.3, 0.4) is 0 Å². The summed E-state index contributed by atoms with van der Waals surface area (Å²) in [7, 11) is 0. The molecule has 2 unspecified atom stereocenters. The smallest absolute Gasteiger partial charge is 0.266 e. The van der Waals surface area contributed by atoms with Gasteiger partial charge in [-0.25, -0.2) is 0 Å². The van der Waals surface area contributed by atoms with Crippen molar-refractivity contribution >= 4 is 11.8 Å². The van der Waals surface area contributed by atoms with Crippen LogP contribution >= 0.6 is 0 Å². The highest BCUT2D eigenvalue weighted by Crippen LogP contribution is 2.82. The van der Waals surface area contributed by atoms with E-state index in [4.69, 9.17) is 4.84 Å². The minimum Gasteiger partial charge on any atom is -0.266 e. The first-order chi connectivity index (χ1) is 10.6. The zero-order valence-corrected chi connectivity index (χ0v) is 12.2. The zero-order valence-electron chi connectivity index (χ0n) is 12.2. The zero-order chi connectivity index (χ0) is 14.7. The Morgan fingerprint density at radius 3 is 2.05 bits per heavy atom. The van der Waals surface area contributed by atoms with Crippen LogP contribution < -0.4 is 0 Å². The Morgan fingerprint density at radius 2 is 1.55 bits per heavy atom.